The maximum Gasteiger partial charge on any atom is 0.0695 e. The summed E-state index contributed by atoms with van der Waals surface area (Å²) in [5.74, 6) is 0. The zero-order chi connectivity index (χ0) is 10.7. The molecule has 2 rings (SSSR count). The molecule has 2 aliphatic rings. The first-order valence-electron chi connectivity index (χ1n) is 6.47. The molecule has 3 nitrogen and oxygen atoms in total. The number of likely N-dealkylation sites (N-methyl/N-ethyl adjacent to an activating group) is 1. The molecule has 3 atom stereocenters. The molecule has 1 saturated carbocycles. The van der Waals surface area contributed by atoms with Crippen molar-refractivity contribution >= 4 is 0 Å². The highest BCUT2D eigenvalue weighted by atomic mass is 16.3. The summed E-state index contributed by atoms with van der Waals surface area (Å²) in [5.41, 5.74) is 0. The Kier molecular flexibility index (Phi) is 4.00. The molecule has 0 aromatic heterocycles. The zero-order valence-corrected chi connectivity index (χ0v) is 9.78. The van der Waals surface area contributed by atoms with E-state index in [1.54, 1.807) is 0 Å². The quantitative estimate of drug-likeness (QED) is 0.732. The standard InChI is InChI=1S/C12H24N2O/c1-2-14(10-7-8-13-9-10)11-5-3-4-6-12(11)15/h10-13,15H,2-9H2,1H3. The Morgan fingerprint density at radius 1 is 1.27 bits per heavy atom. The number of aliphatic hydroxyl groups excluding tert-OH is 1. The van der Waals surface area contributed by atoms with E-state index in [-0.39, 0.29) is 6.10 Å². The predicted molar refractivity (Wildman–Crippen MR) is 61.9 cm³/mol. The van der Waals surface area contributed by atoms with Gasteiger partial charge in [0.25, 0.3) is 0 Å². The second-order valence-electron chi connectivity index (χ2n) is 4.90. The normalized spacial score (nSPS) is 37.4. The third kappa shape index (κ3) is 2.52. The van der Waals surface area contributed by atoms with Gasteiger partial charge in [0.05, 0.1) is 6.10 Å². The number of nitrogens with zero attached hydrogens (tertiary/aromatic N) is 1. The van der Waals surface area contributed by atoms with Gasteiger partial charge in [0.2, 0.25) is 0 Å². The second kappa shape index (κ2) is 5.28. The van der Waals surface area contributed by atoms with Crippen LogP contribution < -0.4 is 5.32 Å². The van der Waals surface area contributed by atoms with Crippen LogP contribution >= 0.6 is 0 Å². The fourth-order valence-corrected chi connectivity index (χ4v) is 3.16. The fraction of sp³-hybridized carbons (Fsp3) is 1.00. The van der Waals surface area contributed by atoms with Crippen LogP contribution in [0.1, 0.15) is 39.0 Å². The Labute approximate surface area is 92.8 Å². The second-order valence-corrected chi connectivity index (χ2v) is 4.90. The summed E-state index contributed by atoms with van der Waals surface area (Å²) in [6, 6.07) is 1.08. The molecule has 0 spiro atoms. The summed E-state index contributed by atoms with van der Waals surface area (Å²) in [6.07, 6.45) is 5.85. The lowest BCUT2D eigenvalue weighted by Crippen LogP contribution is -2.50. The van der Waals surface area contributed by atoms with Crippen LogP contribution in [0, 0.1) is 0 Å². The van der Waals surface area contributed by atoms with Crippen molar-refractivity contribution in [1.29, 1.82) is 0 Å². The lowest BCUT2D eigenvalue weighted by Gasteiger charge is -2.40. The van der Waals surface area contributed by atoms with Crippen LogP contribution in [0.15, 0.2) is 0 Å². The predicted octanol–water partition coefficient (Wildman–Crippen LogP) is 0.974. The number of hydrogen-bond acceptors (Lipinski definition) is 3. The average Bonchev–Trinajstić information content (AvgIpc) is 2.75. The first-order valence-corrected chi connectivity index (χ1v) is 6.47. The highest BCUT2D eigenvalue weighted by Gasteiger charge is 2.33. The first kappa shape index (κ1) is 11.4. The molecule has 1 heterocycles. The Morgan fingerprint density at radius 3 is 2.67 bits per heavy atom. The topological polar surface area (TPSA) is 35.5 Å². The van der Waals surface area contributed by atoms with E-state index in [4.69, 9.17) is 0 Å². The molecule has 0 amide bonds. The van der Waals surface area contributed by atoms with E-state index in [2.05, 4.69) is 17.1 Å². The molecule has 3 unspecified atom stereocenters. The Balaban J connectivity index is 1.97. The van der Waals surface area contributed by atoms with Crippen LogP contribution in [0.3, 0.4) is 0 Å². The van der Waals surface area contributed by atoms with Crippen LogP contribution in [0.2, 0.25) is 0 Å². The van der Waals surface area contributed by atoms with E-state index in [0.29, 0.717) is 12.1 Å². The largest absolute Gasteiger partial charge is 0.391 e. The SMILES string of the molecule is CCN(C1CCNC1)C1CCCCC1O. The van der Waals surface area contributed by atoms with Gasteiger partial charge in [-0.2, -0.15) is 0 Å². The summed E-state index contributed by atoms with van der Waals surface area (Å²) in [6.45, 7) is 5.55. The minimum atomic E-state index is -0.0840. The van der Waals surface area contributed by atoms with Crippen LogP contribution in [-0.2, 0) is 0 Å². The van der Waals surface area contributed by atoms with Crippen molar-refractivity contribution in [3.05, 3.63) is 0 Å². The van der Waals surface area contributed by atoms with Gasteiger partial charge >= 0.3 is 0 Å². The zero-order valence-electron chi connectivity index (χ0n) is 9.78. The molecule has 1 aliphatic carbocycles. The Hall–Kier alpha value is -0.120. The molecule has 0 aromatic carbocycles. The maximum atomic E-state index is 10.1. The summed E-state index contributed by atoms with van der Waals surface area (Å²) in [5, 5.41) is 13.5. The summed E-state index contributed by atoms with van der Waals surface area (Å²) >= 11 is 0. The van der Waals surface area contributed by atoms with Gasteiger partial charge in [-0.25, -0.2) is 0 Å². The molecule has 88 valence electrons. The van der Waals surface area contributed by atoms with E-state index in [9.17, 15) is 5.11 Å². The summed E-state index contributed by atoms with van der Waals surface area (Å²) in [7, 11) is 0. The van der Waals surface area contributed by atoms with Gasteiger partial charge in [-0.3, -0.25) is 4.90 Å². The van der Waals surface area contributed by atoms with Crippen molar-refractivity contribution < 1.29 is 5.11 Å². The highest BCUT2D eigenvalue weighted by Crippen LogP contribution is 2.25. The van der Waals surface area contributed by atoms with E-state index < -0.39 is 0 Å². The molecule has 15 heavy (non-hydrogen) atoms. The molecular weight excluding hydrogens is 188 g/mol. The van der Waals surface area contributed by atoms with Gasteiger partial charge in [0.1, 0.15) is 0 Å². The van der Waals surface area contributed by atoms with Gasteiger partial charge in [-0.05, 0) is 32.4 Å². The summed E-state index contributed by atoms with van der Waals surface area (Å²) in [4.78, 5) is 2.53. The minimum absolute atomic E-state index is 0.0840. The van der Waals surface area contributed by atoms with Crippen LogP contribution in [-0.4, -0.2) is 47.8 Å². The monoisotopic (exact) mass is 212 g/mol. The molecule has 2 N–H and O–H groups in total. The minimum Gasteiger partial charge on any atom is -0.391 e. The molecule has 1 saturated heterocycles. The smallest absolute Gasteiger partial charge is 0.0695 e. The van der Waals surface area contributed by atoms with E-state index in [1.165, 1.54) is 25.7 Å². The van der Waals surface area contributed by atoms with Crippen LogP contribution in [0.4, 0.5) is 0 Å². The fourth-order valence-electron chi connectivity index (χ4n) is 3.16. The Morgan fingerprint density at radius 2 is 2.07 bits per heavy atom. The van der Waals surface area contributed by atoms with Gasteiger partial charge < -0.3 is 10.4 Å². The molecular formula is C12H24N2O. The third-order valence-electron chi connectivity index (χ3n) is 3.99. The lowest BCUT2D eigenvalue weighted by atomic mass is 9.90. The highest BCUT2D eigenvalue weighted by molar-refractivity contribution is 4.89. The third-order valence-corrected chi connectivity index (χ3v) is 3.99. The molecule has 1 aliphatic heterocycles. The van der Waals surface area contributed by atoms with Gasteiger partial charge in [0.15, 0.2) is 0 Å². The van der Waals surface area contributed by atoms with Crippen molar-refractivity contribution in [1.82, 2.24) is 10.2 Å². The van der Waals surface area contributed by atoms with Crippen molar-refractivity contribution in [2.75, 3.05) is 19.6 Å². The van der Waals surface area contributed by atoms with Gasteiger partial charge in [0, 0.05) is 18.6 Å². The van der Waals surface area contributed by atoms with Crippen molar-refractivity contribution in [3.8, 4) is 0 Å². The number of nitrogens with one attached hydrogen (secondary N) is 1. The molecule has 0 radical (unpaired) electrons. The summed E-state index contributed by atoms with van der Waals surface area (Å²) < 4.78 is 0. The van der Waals surface area contributed by atoms with Crippen LogP contribution in [0.25, 0.3) is 0 Å². The average molecular weight is 212 g/mol. The van der Waals surface area contributed by atoms with Gasteiger partial charge in [-0.1, -0.05) is 19.8 Å². The van der Waals surface area contributed by atoms with Crippen LogP contribution in [0.5, 0.6) is 0 Å². The molecule has 2 fully saturated rings. The molecule has 0 aromatic rings. The van der Waals surface area contributed by atoms with Crippen molar-refractivity contribution in [2.45, 2.75) is 57.2 Å². The van der Waals surface area contributed by atoms with E-state index >= 15 is 0 Å². The maximum absolute atomic E-state index is 10.1. The number of aliphatic hydroxyl groups is 1. The number of hydrogen-bond donors (Lipinski definition) is 2. The van der Waals surface area contributed by atoms with Crippen molar-refractivity contribution in [2.24, 2.45) is 0 Å². The first-order chi connectivity index (χ1) is 7.33. The van der Waals surface area contributed by atoms with Gasteiger partial charge in [-0.15, -0.1) is 0 Å². The molecule has 3 heteroatoms. The van der Waals surface area contributed by atoms with E-state index in [1.807, 2.05) is 0 Å². The lowest BCUT2D eigenvalue weighted by molar-refractivity contribution is 0.00461. The number of rotatable bonds is 3. The Bertz CT molecular complexity index is 192. The van der Waals surface area contributed by atoms with Crippen molar-refractivity contribution in [3.63, 3.8) is 0 Å². The van der Waals surface area contributed by atoms with E-state index in [0.717, 1.165) is 26.1 Å². The molecule has 0 bridgehead atoms.